The zero-order chi connectivity index (χ0) is 26.4. The van der Waals surface area contributed by atoms with Crippen molar-refractivity contribution in [3.63, 3.8) is 0 Å². The average Bonchev–Trinajstić information content (AvgIpc) is 3.23. The maximum Gasteiger partial charge on any atom is 0.259 e. The first-order valence-corrected chi connectivity index (χ1v) is 13.4. The topological polar surface area (TPSA) is 112 Å². The molecule has 37 heavy (non-hydrogen) atoms. The molecule has 0 aromatic heterocycles. The largest absolute Gasteiger partial charge is 0.495 e. The highest BCUT2D eigenvalue weighted by Gasteiger charge is 2.41. The van der Waals surface area contributed by atoms with Crippen LogP contribution in [0.25, 0.3) is 0 Å². The molecule has 2 aromatic carbocycles. The van der Waals surface area contributed by atoms with Crippen molar-refractivity contribution in [1.82, 2.24) is 10.2 Å². The number of rotatable bonds is 10. The first kappa shape index (κ1) is 26.7. The Kier molecular flexibility index (Phi) is 8.83. The summed E-state index contributed by atoms with van der Waals surface area (Å²) in [6, 6.07) is 11.7. The summed E-state index contributed by atoms with van der Waals surface area (Å²) in [5.74, 6) is 0.406. The van der Waals surface area contributed by atoms with Crippen LogP contribution in [0.5, 0.6) is 5.75 Å². The summed E-state index contributed by atoms with van der Waals surface area (Å²) in [7, 11) is 1.52. The van der Waals surface area contributed by atoms with E-state index in [0.717, 1.165) is 30.2 Å². The average molecular weight is 542 g/mol. The van der Waals surface area contributed by atoms with Crippen molar-refractivity contribution in [2.24, 2.45) is 9.98 Å². The Morgan fingerprint density at radius 3 is 2.76 bits per heavy atom. The Bertz CT molecular complexity index is 1270. The summed E-state index contributed by atoms with van der Waals surface area (Å²) in [6.45, 7) is 2.68. The molecule has 194 valence electrons. The van der Waals surface area contributed by atoms with Gasteiger partial charge in [-0.05, 0) is 43.2 Å². The molecule has 0 aliphatic carbocycles. The van der Waals surface area contributed by atoms with Crippen molar-refractivity contribution in [3.8, 4) is 5.75 Å². The number of halogens is 1. The van der Waals surface area contributed by atoms with E-state index in [4.69, 9.17) is 16.3 Å². The fraction of sp³-hybridized carbons (Fsp3) is 0.346. The van der Waals surface area contributed by atoms with Crippen molar-refractivity contribution in [3.05, 3.63) is 53.1 Å². The number of amidine groups is 2. The maximum atomic E-state index is 13.3. The molecule has 11 heteroatoms. The number of benzene rings is 2. The standard InChI is InChI=1S/C26H28ClN5O4S/c1-3-4-13-28-22(33)12-10-20-25(35)32-24(30-20)17-7-5-6-8-19(17)31-26(32)37-15-23(34)29-16-9-11-21(36-2)18(27)14-16/h5-9,11,14,20H,3-4,10,12-13,15H2,1-2H3,(H,28,33)(H,29,34)/t20-/m1/s1. The lowest BCUT2D eigenvalue weighted by molar-refractivity contribution is -0.125. The number of aliphatic imine (C=N–C) groups is 2. The van der Waals surface area contributed by atoms with Gasteiger partial charge in [-0.3, -0.25) is 19.4 Å². The number of nitrogens with one attached hydrogen (secondary N) is 2. The minimum Gasteiger partial charge on any atom is -0.495 e. The molecular formula is C26H28ClN5O4S. The van der Waals surface area contributed by atoms with Gasteiger partial charge in [0.2, 0.25) is 11.8 Å². The molecule has 2 heterocycles. The van der Waals surface area contributed by atoms with Crippen LogP contribution in [-0.2, 0) is 14.4 Å². The molecule has 0 bridgehead atoms. The second-order valence-corrected chi connectivity index (χ2v) is 9.83. The number of unbranched alkanes of at least 4 members (excludes halogenated alkanes) is 1. The second-order valence-electron chi connectivity index (χ2n) is 8.48. The highest BCUT2D eigenvalue weighted by atomic mass is 35.5. The van der Waals surface area contributed by atoms with E-state index < -0.39 is 6.04 Å². The quantitative estimate of drug-likeness (QED) is 0.434. The fourth-order valence-corrected chi connectivity index (χ4v) is 4.98. The van der Waals surface area contributed by atoms with Gasteiger partial charge in [-0.1, -0.05) is 48.8 Å². The first-order chi connectivity index (χ1) is 17.9. The third-order valence-corrected chi connectivity index (χ3v) is 7.05. The van der Waals surface area contributed by atoms with Gasteiger partial charge in [0.05, 0.1) is 23.6 Å². The first-order valence-electron chi connectivity index (χ1n) is 12.0. The van der Waals surface area contributed by atoms with Crippen LogP contribution >= 0.6 is 23.4 Å². The van der Waals surface area contributed by atoms with Gasteiger partial charge in [0.15, 0.2) is 5.17 Å². The molecule has 2 aliphatic rings. The normalized spacial score (nSPS) is 15.9. The number of para-hydroxylation sites is 1. The molecule has 0 saturated heterocycles. The van der Waals surface area contributed by atoms with E-state index in [-0.39, 0.29) is 29.9 Å². The lowest BCUT2D eigenvalue weighted by atomic mass is 10.1. The summed E-state index contributed by atoms with van der Waals surface area (Å²) in [4.78, 5) is 48.9. The van der Waals surface area contributed by atoms with Crippen LogP contribution in [0.1, 0.15) is 38.2 Å². The lowest BCUT2D eigenvalue weighted by Crippen LogP contribution is -2.41. The molecule has 2 N–H and O–H groups in total. The smallest absolute Gasteiger partial charge is 0.259 e. The van der Waals surface area contributed by atoms with Crippen LogP contribution in [0.2, 0.25) is 5.02 Å². The zero-order valence-corrected chi connectivity index (χ0v) is 22.2. The van der Waals surface area contributed by atoms with Gasteiger partial charge in [-0.15, -0.1) is 0 Å². The van der Waals surface area contributed by atoms with Crippen LogP contribution in [0, 0.1) is 0 Å². The molecule has 0 fully saturated rings. The summed E-state index contributed by atoms with van der Waals surface area (Å²) < 4.78 is 5.14. The SMILES string of the molecule is CCCCNC(=O)CC[C@H]1N=C2c3ccccc3N=C(SCC(=O)Nc3ccc(OC)c(Cl)c3)N2C1=O. The Morgan fingerprint density at radius 2 is 2.00 bits per heavy atom. The second kappa shape index (κ2) is 12.2. The molecule has 1 atom stereocenters. The van der Waals surface area contributed by atoms with E-state index in [0.29, 0.717) is 46.1 Å². The van der Waals surface area contributed by atoms with Crippen molar-refractivity contribution < 1.29 is 19.1 Å². The number of amides is 3. The van der Waals surface area contributed by atoms with Crippen LogP contribution < -0.4 is 15.4 Å². The van der Waals surface area contributed by atoms with E-state index in [1.54, 1.807) is 18.2 Å². The van der Waals surface area contributed by atoms with Gasteiger partial charge in [0.1, 0.15) is 17.6 Å². The van der Waals surface area contributed by atoms with Gasteiger partial charge >= 0.3 is 0 Å². The molecule has 0 saturated carbocycles. The monoisotopic (exact) mass is 541 g/mol. The highest BCUT2D eigenvalue weighted by molar-refractivity contribution is 8.14. The minimum absolute atomic E-state index is 0.0200. The van der Waals surface area contributed by atoms with Crippen molar-refractivity contribution in [2.75, 3.05) is 24.7 Å². The molecule has 3 amide bonds. The maximum absolute atomic E-state index is 13.3. The zero-order valence-electron chi connectivity index (χ0n) is 20.6. The van der Waals surface area contributed by atoms with Gasteiger partial charge in [-0.2, -0.15) is 0 Å². The van der Waals surface area contributed by atoms with E-state index in [1.807, 2.05) is 24.3 Å². The highest BCUT2D eigenvalue weighted by Crippen LogP contribution is 2.34. The van der Waals surface area contributed by atoms with Crippen LogP contribution in [0.15, 0.2) is 52.4 Å². The Labute approximate surface area is 224 Å². The van der Waals surface area contributed by atoms with Crippen molar-refractivity contribution in [1.29, 1.82) is 0 Å². The molecule has 0 unspecified atom stereocenters. The Balaban J connectivity index is 1.44. The summed E-state index contributed by atoms with van der Waals surface area (Å²) in [6.07, 6.45) is 2.42. The number of carbonyl (C=O) groups excluding carboxylic acids is 3. The summed E-state index contributed by atoms with van der Waals surface area (Å²) in [5.41, 5.74) is 1.95. The molecular weight excluding hydrogens is 514 g/mol. The van der Waals surface area contributed by atoms with E-state index in [2.05, 4.69) is 27.5 Å². The van der Waals surface area contributed by atoms with Gasteiger partial charge in [-0.25, -0.2) is 9.89 Å². The van der Waals surface area contributed by atoms with E-state index in [1.165, 1.54) is 12.0 Å². The van der Waals surface area contributed by atoms with Gasteiger partial charge in [0.25, 0.3) is 5.91 Å². The Morgan fingerprint density at radius 1 is 1.19 bits per heavy atom. The van der Waals surface area contributed by atoms with E-state index in [9.17, 15) is 14.4 Å². The Hall–Kier alpha value is -3.37. The molecule has 4 rings (SSSR count). The molecule has 2 aromatic rings. The molecule has 9 nitrogen and oxygen atoms in total. The lowest BCUT2D eigenvalue weighted by Gasteiger charge is -2.25. The van der Waals surface area contributed by atoms with Crippen LogP contribution in [0.4, 0.5) is 11.4 Å². The number of nitrogens with zero attached hydrogens (tertiary/aromatic N) is 3. The van der Waals surface area contributed by atoms with Crippen molar-refractivity contribution in [2.45, 2.75) is 38.6 Å². The predicted molar refractivity (Wildman–Crippen MR) is 147 cm³/mol. The number of anilines is 1. The van der Waals surface area contributed by atoms with Crippen LogP contribution in [-0.4, -0.2) is 59.1 Å². The fourth-order valence-electron chi connectivity index (χ4n) is 3.92. The predicted octanol–water partition coefficient (Wildman–Crippen LogP) is 4.38. The van der Waals surface area contributed by atoms with Gasteiger partial charge in [0, 0.05) is 24.2 Å². The summed E-state index contributed by atoms with van der Waals surface area (Å²) in [5, 5.41) is 6.42. The minimum atomic E-state index is -0.681. The number of hydrogen-bond donors (Lipinski definition) is 2. The molecule has 2 aliphatic heterocycles. The number of hydrogen-bond acceptors (Lipinski definition) is 7. The number of carbonyl (C=O) groups is 3. The van der Waals surface area contributed by atoms with E-state index >= 15 is 0 Å². The summed E-state index contributed by atoms with van der Waals surface area (Å²) >= 11 is 7.29. The number of ether oxygens (including phenoxy) is 1. The third kappa shape index (κ3) is 6.31. The molecule has 0 radical (unpaired) electrons. The van der Waals surface area contributed by atoms with Gasteiger partial charge < -0.3 is 15.4 Å². The molecule has 0 spiro atoms. The third-order valence-electron chi connectivity index (χ3n) is 5.81. The van der Waals surface area contributed by atoms with Crippen LogP contribution in [0.3, 0.4) is 0 Å². The number of methoxy groups -OCH3 is 1. The number of thioether (sulfide) groups is 1. The van der Waals surface area contributed by atoms with Crippen molar-refractivity contribution >= 4 is 63.5 Å². The number of fused-ring (bicyclic) bond motifs is 3.